The summed E-state index contributed by atoms with van der Waals surface area (Å²) in [6.07, 6.45) is 0.343. The maximum atomic E-state index is 13.4. The van der Waals surface area contributed by atoms with Crippen molar-refractivity contribution in [3.05, 3.63) is 83.6 Å². The van der Waals surface area contributed by atoms with Crippen LogP contribution in [0.25, 0.3) is 22.1 Å². The van der Waals surface area contributed by atoms with Crippen LogP contribution in [0.1, 0.15) is 30.5 Å². The van der Waals surface area contributed by atoms with Crippen molar-refractivity contribution in [2.75, 3.05) is 11.9 Å². The number of fused-ring (bicyclic) bond motifs is 1. The molecule has 0 fully saturated rings. The molecule has 1 atom stereocenters. The van der Waals surface area contributed by atoms with Crippen LogP contribution >= 0.6 is 0 Å². The van der Waals surface area contributed by atoms with E-state index < -0.39 is 6.30 Å². The van der Waals surface area contributed by atoms with Crippen LogP contribution in [0.4, 0.5) is 10.1 Å². The number of hydrogen-bond donors (Lipinski definition) is 2. The lowest BCUT2D eigenvalue weighted by Gasteiger charge is -2.15. The number of ether oxygens (including phenoxy) is 2. The Bertz CT molecular complexity index is 1410. The summed E-state index contributed by atoms with van der Waals surface area (Å²) < 4.78 is 30.4. The Morgan fingerprint density at radius 2 is 1.92 bits per heavy atom. The first kappa shape index (κ1) is 25.9. The lowest BCUT2D eigenvalue weighted by Crippen LogP contribution is -2.15. The number of nitrogens with two attached hydrogens (primary N) is 1. The highest BCUT2D eigenvalue weighted by molar-refractivity contribution is 5.93. The van der Waals surface area contributed by atoms with Gasteiger partial charge in [-0.2, -0.15) is 0 Å². The molecule has 0 bridgehead atoms. The van der Waals surface area contributed by atoms with Gasteiger partial charge in [0.1, 0.15) is 17.9 Å². The third kappa shape index (κ3) is 6.74. The summed E-state index contributed by atoms with van der Waals surface area (Å²) in [6, 6.07) is 18.5. The van der Waals surface area contributed by atoms with E-state index in [-0.39, 0.29) is 37.9 Å². The van der Waals surface area contributed by atoms with E-state index in [0.717, 1.165) is 27.6 Å². The third-order valence-electron chi connectivity index (χ3n) is 5.70. The van der Waals surface area contributed by atoms with Gasteiger partial charge in [0.05, 0.1) is 19.3 Å². The van der Waals surface area contributed by atoms with Gasteiger partial charge in [-0.05, 0) is 47.9 Å². The molecule has 0 saturated carbocycles. The highest BCUT2D eigenvalue weighted by atomic mass is 19.1. The molecule has 192 valence electrons. The van der Waals surface area contributed by atoms with Gasteiger partial charge in [-0.3, -0.25) is 9.59 Å². The highest BCUT2D eigenvalue weighted by Crippen LogP contribution is 2.33. The number of alkyl halides is 1. The number of halogens is 1. The maximum Gasteiger partial charge on any atom is 0.310 e. The van der Waals surface area contributed by atoms with E-state index in [4.69, 9.17) is 19.6 Å². The SMILES string of the molecule is CCOC(=O)Cc1ccc(NC(C)=O)cc1OCc1cc(-c2cccc(C[C@@H](N)F)c2)c2occc2c1. The number of nitrogens with one attached hydrogen (secondary N) is 1. The second-order valence-corrected chi connectivity index (χ2v) is 8.68. The number of benzene rings is 3. The molecule has 8 heteroatoms. The Labute approximate surface area is 214 Å². The fourth-order valence-corrected chi connectivity index (χ4v) is 4.18. The van der Waals surface area contributed by atoms with Crippen LogP contribution in [0, 0.1) is 0 Å². The van der Waals surface area contributed by atoms with Crippen LogP contribution in [0.5, 0.6) is 5.75 Å². The summed E-state index contributed by atoms with van der Waals surface area (Å²) in [7, 11) is 0. The summed E-state index contributed by atoms with van der Waals surface area (Å²) in [5, 5.41) is 3.63. The van der Waals surface area contributed by atoms with Gasteiger partial charge in [0.2, 0.25) is 5.91 Å². The van der Waals surface area contributed by atoms with E-state index in [0.29, 0.717) is 22.6 Å². The lowest BCUT2D eigenvalue weighted by molar-refractivity contribution is -0.142. The van der Waals surface area contributed by atoms with Crippen LogP contribution in [0.2, 0.25) is 0 Å². The lowest BCUT2D eigenvalue weighted by atomic mass is 9.98. The molecule has 0 unspecified atom stereocenters. The fraction of sp³-hybridized carbons (Fsp3) is 0.241. The third-order valence-corrected chi connectivity index (χ3v) is 5.70. The van der Waals surface area contributed by atoms with Crippen molar-refractivity contribution < 1.29 is 27.9 Å². The minimum absolute atomic E-state index is 0.0407. The molecule has 0 aliphatic heterocycles. The topological polar surface area (TPSA) is 104 Å². The predicted molar refractivity (Wildman–Crippen MR) is 140 cm³/mol. The average molecular weight is 505 g/mol. The quantitative estimate of drug-likeness (QED) is 0.217. The molecule has 3 aromatic carbocycles. The molecule has 4 rings (SSSR count). The number of hydrogen-bond acceptors (Lipinski definition) is 6. The fourth-order valence-electron chi connectivity index (χ4n) is 4.18. The Morgan fingerprint density at radius 3 is 2.68 bits per heavy atom. The van der Waals surface area contributed by atoms with E-state index in [1.165, 1.54) is 6.92 Å². The van der Waals surface area contributed by atoms with Crippen LogP contribution in [0.3, 0.4) is 0 Å². The normalized spacial score (nSPS) is 11.8. The molecule has 1 aromatic heterocycles. The van der Waals surface area contributed by atoms with Crippen LogP contribution in [0.15, 0.2) is 71.3 Å². The number of rotatable bonds is 10. The van der Waals surface area contributed by atoms with E-state index in [1.54, 1.807) is 31.4 Å². The van der Waals surface area contributed by atoms with Crippen LogP contribution in [-0.4, -0.2) is 24.8 Å². The van der Waals surface area contributed by atoms with Gasteiger partial charge in [0.15, 0.2) is 6.30 Å². The van der Waals surface area contributed by atoms with Crippen molar-refractivity contribution in [3.63, 3.8) is 0 Å². The number of anilines is 1. The van der Waals surface area contributed by atoms with E-state index >= 15 is 0 Å². The Hall–Kier alpha value is -4.17. The van der Waals surface area contributed by atoms with Crippen molar-refractivity contribution >= 4 is 28.5 Å². The Balaban J connectivity index is 1.65. The largest absolute Gasteiger partial charge is 0.489 e. The molecule has 1 amide bonds. The molecule has 0 radical (unpaired) electrons. The van der Waals surface area contributed by atoms with Gasteiger partial charge in [0.25, 0.3) is 0 Å². The van der Waals surface area contributed by atoms with Crippen molar-refractivity contribution in [3.8, 4) is 16.9 Å². The standard InChI is InChI=1S/C29H29FN2O5/c1-3-35-28(34)15-22-7-8-24(32-18(2)33)16-26(22)37-17-20-12-23-9-10-36-29(23)25(13-20)21-6-4-5-19(11-21)14-27(30)31/h4-13,16,27H,3,14-15,17,31H2,1-2H3,(H,32,33)/t27-/m1/s1. The first-order valence-corrected chi connectivity index (χ1v) is 12.0. The molecule has 0 aliphatic rings. The molecule has 0 aliphatic carbocycles. The smallest absolute Gasteiger partial charge is 0.310 e. The van der Waals surface area contributed by atoms with Crippen molar-refractivity contribution in [1.82, 2.24) is 0 Å². The monoisotopic (exact) mass is 504 g/mol. The zero-order valence-electron chi connectivity index (χ0n) is 20.8. The summed E-state index contributed by atoms with van der Waals surface area (Å²) >= 11 is 0. The number of esters is 1. The molecule has 1 heterocycles. The van der Waals surface area contributed by atoms with Gasteiger partial charge in [-0.25, -0.2) is 4.39 Å². The summed E-state index contributed by atoms with van der Waals surface area (Å²) in [6.45, 7) is 3.65. The van der Waals surface area contributed by atoms with Crippen molar-refractivity contribution in [1.29, 1.82) is 0 Å². The summed E-state index contributed by atoms with van der Waals surface area (Å²) in [5.41, 5.74) is 10.6. The number of amides is 1. The maximum absolute atomic E-state index is 13.4. The predicted octanol–water partition coefficient (Wildman–Crippen LogP) is 5.54. The first-order chi connectivity index (χ1) is 17.8. The van der Waals surface area contributed by atoms with Gasteiger partial charge < -0.3 is 24.9 Å². The summed E-state index contributed by atoms with van der Waals surface area (Å²) in [4.78, 5) is 23.7. The Kier molecular flexibility index (Phi) is 8.20. The average Bonchev–Trinajstić information content (AvgIpc) is 3.32. The molecule has 4 aromatic rings. The molecule has 7 nitrogen and oxygen atoms in total. The molecule has 0 spiro atoms. The van der Waals surface area contributed by atoms with Crippen LogP contribution in [-0.2, 0) is 33.8 Å². The first-order valence-electron chi connectivity index (χ1n) is 12.0. The minimum atomic E-state index is -1.43. The van der Waals surface area contributed by atoms with Crippen molar-refractivity contribution in [2.24, 2.45) is 5.73 Å². The molecule has 0 saturated heterocycles. The number of carbonyl (C=O) groups is 2. The zero-order chi connectivity index (χ0) is 26.4. The minimum Gasteiger partial charge on any atom is -0.489 e. The zero-order valence-corrected chi connectivity index (χ0v) is 20.8. The van der Waals surface area contributed by atoms with Crippen LogP contribution < -0.4 is 15.8 Å². The van der Waals surface area contributed by atoms with Crippen molar-refractivity contribution in [2.45, 2.75) is 39.6 Å². The van der Waals surface area contributed by atoms with Gasteiger partial charge >= 0.3 is 5.97 Å². The van der Waals surface area contributed by atoms with E-state index in [2.05, 4.69) is 5.32 Å². The second kappa shape index (κ2) is 11.7. The van der Waals surface area contributed by atoms with Gasteiger partial charge in [-0.15, -0.1) is 0 Å². The van der Waals surface area contributed by atoms with E-state index in [9.17, 15) is 14.0 Å². The summed E-state index contributed by atoms with van der Waals surface area (Å²) in [5.74, 6) is -0.114. The molecular weight excluding hydrogens is 475 g/mol. The van der Waals surface area contributed by atoms with Gasteiger partial charge in [0, 0.05) is 41.6 Å². The Morgan fingerprint density at radius 1 is 1.08 bits per heavy atom. The molecule has 37 heavy (non-hydrogen) atoms. The second-order valence-electron chi connectivity index (χ2n) is 8.68. The number of furan rings is 1. The molecular formula is C29H29FN2O5. The van der Waals surface area contributed by atoms with Gasteiger partial charge in [-0.1, -0.05) is 30.3 Å². The van der Waals surface area contributed by atoms with E-state index in [1.807, 2.05) is 42.5 Å². The molecule has 3 N–H and O–H groups in total. The number of carbonyl (C=O) groups excluding carboxylic acids is 2. The highest BCUT2D eigenvalue weighted by Gasteiger charge is 2.15.